The van der Waals surface area contributed by atoms with E-state index in [0.717, 1.165) is 28.3 Å². The van der Waals surface area contributed by atoms with Crippen molar-refractivity contribution in [2.45, 2.75) is 56.7 Å². The molecule has 1 heterocycles. The summed E-state index contributed by atoms with van der Waals surface area (Å²) in [5.74, 6) is 1.82. The third-order valence-corrected chi connectivity index (χ3v) is 8.27. The number of benzene rings is 2. The van der Waals surface area contributed by atoms with E-state index in [4.69, 9.17) is 0 Å². The molecule has 0 saturated carbocycles. The Bertz CT molecular complexity index is 901. The monoisotopic (exact) mass is 470 g/mol. The van der Waals surface area contributed by atoms with Crippen LogP contribution in [0.4, 0.5) is 5.69 Å². The van der Waals surface area contributed by atoms with E-state index in [1.54, 1.807) is 0 Å². The largest absolute Gasteiger partial charge is 0.356 e. The average molecular weight is 471 g/mol. The summed E-state index contributed by atoms with van der Waals surface area (Å²) in [7, 11) is 0. The first-order chi connectivity index (χ1) is 15.5. The van der Waals surface area contributed by atoms with Crippen LogP contribution in [-0.2, 0) is 16.1 Å². The number of unbranched alkanes of at least 4 members (excludes halogenated alkanes) is 1. The van der Waals surface area contributed by atoms with Gasteiger partial charge in [-0.05, 0) is 49.0 Å². The second kappa shape index (κ2) is 12.4. The first kappa shape index (κ1) is 24.7. The number of amides is 2. The summed E-state index contributed by atoms with van der Waals surface area (Å²) in [5.41, 5.74) is 3.21. The Morgan fingerprint density at radius 1 is 1.12 bits per heavy atom. The van der Waals surface area contributed by atoms with Crippen molar-refractivity contribution < 1.29 is 9.59 Å². The van der Waals surface area contributed by atoms with Gasteiger partial charge in [-0.3, -0.25) is 9.59 Å². The lowest BCUT2D eigenvalue weighted by Crippen LogP contribution is -2.47. The number of rotatable bonds is 11. The van der Waals surface area contributed by atoms with Crippen LogP contribution in [0.15, 0.2) is 53.4 Å². The molecule has 2 unspecified atom stereocenters. The van der Waals surface area contributed by atoms with Crippen LogP contribution in [0.1, 0.15) is 44.2 Å². The number of carbonyl (C=O) groups is 2. The molecule has 4 nitrogen and oxygen atoms in total. The number of hydrogen-bond acceptors (Lipinski definition) is 4. The van der Waals surface area contributed by atoms with Crippen molar-refractivity contribution in [3.8, 4) is 0 Å². The average Bonchev–Trinajstić information content (AvgIpc) is 2.80. The molecule has 1 aliphatic heterocycles. The van der Waals surface area contributed by atoms with Gasteiger partial charge in [0, 0.05) is 11.4 Å². The molecular weight excluding hydrogens is 436 g/mol. The fourth-order valence-electron chi connectivity index (χ4n) is 3.63. The normalized spacial score (nSPS) is 16.5. The molecule has 0 bridgehead atoms. The number of nitrogens with zero attached hydrogens (tertiary/aromatic N) is 1. The van der Waals surface area contributed by atoms with E-state index in [1.165, 1.54) is 35.9 Å². The Balaban J connectivity index is 1.64. The van der Waals surface area contributed by atoms with Crippen molar-refractivity contribution >= 4 is 41.0 Å². The van der Waals surface area contributed by atoms with Gasteiger partial charge < -0.3 is 10.2 Å². The maximum absolute atomic E-state index is 13.5. The smallest absolute Gasteiger partial charge is 0.241 e. The summed E-state index contributed by atoms with van der Waals surface area (Å²) < 4.78 is 0. The number of hydrogen-bond donors (Lipinski definition) is 1. The zero-order chi connectivity index (χ0) is 22.9. The van der Waals surface area contributed by atoms with Crippen LogP contribution in [0, 0.1) is 12.8 Å². The summed E-state index contributed by atoms with van der Waals surface area (Å²) in [6.07, 6.45) is 3.43. The molecule has 2 atom stereocenters. The lowest BCUT2D eigenvalue weighted by atomic mass is 10.0. The number of fused-ring (bicyclic) bond motifs is 1. The molecule has 2 aromatic carbocycles. The number of anilines is 1. The fraction of sp³-hybridized carbons (Fsp3) is 0.462. The van der Waals surface area contributed by atoms with Crippen LogP contribution in [0.3, 0.4) is 0 Å². The van der Waals surface area contributed by atoms with Gasteiger partial charge in [0.25, 0.3) is 0 Å². The molecule has 0 aromatic heterocycles. The van der Waals surface area contributed by atoms with Crippen molar-refractivity contribution in [2.24, 2.45) is 5.92 Å². The third-order valence-electron chi connectivity index (χ3n) is 5.66. The highest BCUT2D eigenvalue weighted by Gasteiger charge is 2.39. The molecule has 0 aliphatic carbocycles. The molecule has 2 amide bonds. The van der Waals surface area contributed by atoms with Gasteiger partial charge in [-0.1, -0.05) is 62.2 Å². The predicted molar refractivity (Wildman–Crippen MR) is 137 cm³/mol. The summed E-state index contributed by atoms with van der Waals surface area (Å²) in [5, 5.41) is 2.63. The molecule has 0 radical (unpaired) electrons. The summed E-state index contributed by atoms with van der Waals surface area (Å²) in [6.45, 7) is 7.31. The highest BCUT2D eigenvalue weighted by atomic mass is 32.2. The van der Waals surface area contributed by atoms with Crippen LogP contribution in [0.25, 0.3) is 0 Å². The van der Waals surface area contributed by atoms with Crippen LogP contribution < -0.4 is 10.2 Å². The van der Waals surface area contributed by atoms with Gasteiger partial charge in [0.1, 0.15) is 5.25 Å². The minimum atomic E-state index is -0.422. The number of thioether (sulfide) groups is 2. The van der Waals surface area contributed by atoms with Crippen molar-refractivity contribution in [1.29, 1.82) is 0 Å². The molecule has 172 valence electrons. The van der Waals surface area contributed by atoms with Crippen LogP contribution in [0.5, 0.6) is 0 Å². The van der Waals surface area contributed by atoms with E-state index in [2.05, 4.69) is 43.4 Å². The molecule has 0 fully saturated rings. The van der Waals surface area contributed by atoms with Crippen molar-refractivity contribution in [3.63, 3.8) is 0 Å². The van der Waals surface area contributed by atoms with E-state index < -0.39 is 11.2 Å². The predicted octanol–water partition coefficient (Wildman–Crippen LogP) is 5.68. The number of para-hydroxylation sites is 1. The Morgan fingerprint density at radius 3 is 2.59 bits per heavy atom. The second-order valence-electron chi connectivity index (χ2n) is 8.32. The Kier molecular flexibility index (Phi) is 9.54. The van der Waals surface area contributed by atoms with Gasteiger partial charge in [0.15, 0.2) is 0 Å². The van der Waals surface area contributed by atoms with Crippen molar-refractivity contribution in [3.05, 3.63) is 59.7 Å². The third kappa shape index (κ3) is 6.55. The van der Waals surface area contributed by atoms with Crippen molar-refractivity contribution in [1.82, 2.24) is 5.32 Å². The van der Waals surface area contributed by atoms with E-state index in [0.29, 0.717) is 13.1 Å². The Hall–Kier alpha value is -1.92. The minimum absolute atomic E-state index is 0.00652. The van der Waals surface area contributed by atoms with E-state index in [-0.39, 0.29) is 11.8 Å². The van der Waals surface area contributed by atoms with Gasteiger partial charge in [-0.2, -0.15) is 11.8 Å². The van der Waals surface area contributed by atoms with Crippen LogP contribution >= 0.6 is 23.5 Å². The zero-order valence-corrected chi connectivity index (χ0v) is 20.9. The van der Waals surface area contributed by atoms with Crippen LogP contribution in [0.2, 0.25) is 0 Å². The highest BCUT2D eigenvalue weighted by Crippen LogP contribution is 2.42. The van der Waals surface area contributed by atoms with E-state index in [9.17, 15) is 9.59 Å². The molecule has 1 N–H and O–H groups in total. The lowest BCUT2D eigenvalue weighted by Gasteiger charge is -2.35. The second-order valence-corrected chi connectivity index (χ2v) is 10.7. The maximum Gasteiger partial charge on any atom is 0.241 e. The van der Waals surface area contributed by atoms with Gasteiger partial charge in [0.2, 0.25) is 11.8 Å². The van der Waals surface area contributed by atoms with Gasteiger partial charge in [-0.15, -0.1) is 11.8 Å². The maximum atomic E-state index is 13.5. The molecule has 0 spiro atoms. The molecular formula is C26H34N2O2S2. The molecule has 6 heteroatoms. The zero-order valence-electron chi connectivity index (χ0n) is 19.3. The van der Waals surface area contributed by atoms with Crippen molar-refractivity contribution in [2.75, 3.05) is 23.0 Å². The van der Waals surface area contributed by atoms with E-state index in [1.807, 2.05) is 47.9 Å². The minimum Gasteiger partial charge on any atom is -0.356 e. The first-order valence-corrected chi connectivity index (χ1v) is 13.5. The molecule has 3 rings (SSSR count). The molecule has 32 heavy (non-hydrogen) atoms. The van der Waals surface area contributed by atoms with E-state index >= 15 is 0 Å². The quantitative estimate of drug-likeness (QED) is 0.429. The highest BCUT2D eigenvalue weighted by molar-refractivity contribution is 8.01. The molecule has 1 aliphatic rings. The van der Waals surface area contributed by atoms with Gasteiger partial charge in [0.05, 0.1) is 18.2 Å². The molecule has 0 saturated heterocycles. The number of aryl methyl sites for hydroxylation is 1. The standard InChI is InChI=1S/C26H34N2O2S2/c1-4-5-16-31-17-8-15-27-25(29)20(3)24-26(30)28(18-21-13-11-19(2)12-14-21)22-9-6-7-10-23(22)32-24/h6-7,9-14,20,24H,4-5,8,15-18H2,1-3H3,(H,27,29). The van der Waals surface area contributed by atoms with Gasteiger partial charge in [-0.25, -0.2) is 0 Å². The topological polar surface area (TPSA) is 49.4 Å². The SMILES string of the molecule is CCCCSCCCNC(=O)C(C)C1Sc2ccccc2N(Cc2ccc(C)cc2)C1=O. The number of nitrogens with one attached hydrogen (secondary N) is 1. The molecule has 2 aromatic rings. The van der Waals surface area contributed by atoms with Gasteiger partial charge >= 0.3 is 0 Å². The summed E-state index contributed by atoms with van der Waals surface area (Å²) in [4.78, 5) is 29.2. The Labute approximate surface area is 200 Å². The summed E-state index contributed by atoms with van der Waals surface area (Å²) >= 11 is 3.46. The lowest BCUT2D eigenvalue weighted by molar-refractivity contribution is -0.128. The first-order valence-electron chi connectivity index (χ1n) is 11.5. The summed E-state index contributed by atoms with van der Waals surface area (Å²) in [6, 6.07) is 16.3. The number of carbonyl (C=O) groups excluding carboxylic acids is 2. The fourth-order valence-corrected chi connectivity index (χ4v) is 5.96. The van der Waals surface area contributed by atoms with Crippen LogP contribution in [-0.4, -0.2) is 35.1 Å². The Morgan fingerprint density at radius 2 is 1.84 bits per heavy atom.